The van der Waals surface area contributed by atoms with Gasteiger partial charge in [-0.05, 0) is 32.4 Å². The van der Waals surface area contributed by atoms with Gasteiger partial charge in [0.15, 0.2) is 0 Å². The van der Waals surface area contributed by atoms with Crippen molar-refractivity contribution in [2.24, 2.45) is 0 Å². The van der Waals surface area contributed by atoms with Crippen LogP contribution in [0.3, 0.4) is 0 Å². The third-order valence-electron chi connectivity index (χ3n) is 5.18. The SMILES string of the molecule is CC[C@@H]1CN([C@H](C)c2nc3ccccc3c(=O)[nH]2)CCN1C[C@H](C)O. The summed E-state index contributed by atoms with van der Waals surface area (Å²) < 4.78 is 0. The van der Waals surface area contributed by atoms with Crippen LogP contribution in [0.15, 0.2) is 29.1 Å². The Morgan fingerprint density at radius 2 is 2.08 bits per heavy atom. The molecule has 0 aliphatic carbocycles. The first-order chi connectivity index (χ1) is 12.0. The van der Waals surface area contributed by atoms with E-state index in [4.69, 9.17) is 0 Å². The number of fused-ring (bicyclic) bond motifs is 1. The van der Waals surface area contributed by atoms with Crippen molar-refractivity contribution in [3.05, 3.63) is 40.4 Å². The lowest BCUT2D eigenvalue weighted by molar-refractivity contribution is 0.0209. The first-order valence-electron chi connectivity index (χ1n) is 9.14. The van der Waals surface area contributed by atoms with Crippen LogP contribution in [0.1, 0.15) is 39.1 Å². The molecule has 0 radical (unpaired) electrons. The molecule has 3 rings (SSSR count). The normalized spacial score (nSPS) is 22.2. The second-order valence-corrected chi connectivity index (χ2v) is 7.05. The van der Waals surface area contributed by atoms with Gasteiger partial charge >= 0.3 is 0 Å². The number of aliphatic hydroxyl groups is 1. The molecule has 2 N–H and O–H groups in total. The van der Waals surface area contributed by atoms with Crippen LogP contribution in [0.25, 0.3) is 10.9 Å². The van der Waals surface area contributed by atoms with Gasteiger partial charge in [0.1, 0.15) is 5.82 Å². The quantitative estimate of drug-likeness (QED) is 0.865. The van der Waals surface area contributed by atoms with Gasteiger partial charge in [-0.15, -0.1) is 0 Å². The predicted molar refractivity (Wildman–Crippen MR) is 99.7 cm³/mol. The Hall–Kier alpha value is -1.76. The van der Waals surface area contributed by atoms with E-state index in [1.165, 1.54) is 0 Å². The molecule has 1 aliphatic rings. The van der Waals surface area contributed by atoms with Gasteiger partial charge in [-0.2, -0.15) is 0 Å². The number of nitrogens with zero attached hydrogens (tertiary/aromatic N) is 3. The molecular weight excluding hydrogens is 316 g/mol. The zero-order chi connectivity index (χ0) is 18.0. The number of aromatic nitrogens is 2. The molecule has 136 valence electrons. The second kappa shape index (κ2) is 7.64. The molecule has 2 aromatic rings. The Labute approximate surface area is 148 Å². The lowest BCUT2D eigenvalue weighted by Crippen LogP contribution is -2.55. The highest BCUT2D eigenvalue weighted by Crippen LogP contribution is 2.23. The van der Waals surface area contributed by atoms with Crippen molar-refractivity contribution < 1.29 is 5.11 Å². The van der Waals surface area contributed by atoms with E-state index in [1.54, 1.807) is 6.07 Å². The maximum Gasteiger partial charge on any atom is 0.258 e. The zero-order valence-electron chi connectivity index (χ0n) is 15.3. The number of rotatable bonds is 5. The van der Waals surface area contributed by atoms with Gasteiger partial charge in [0, 0.05) is 32.2 Å². The fourth-order valence-electron chi connectivity index (χ4n) is 3.71. The molecule has 6 nitrogen and oxygen atoms in total. The average molecular weight is 344 g/mol. The minimum atomic E-state index is -0.309. The molecule has 1 fully saturated rings. The molecule has 25 heavy (non-hydrogen) atoms. The van der Waals surface area contributed by atoms with Crippen molar-refractivity contribution in [2.45, 2.75) is 45.4 Å². The summed E-state index contributed by atoms with van der Waals surface area (Å²) in [6.45, 7) is 9.58. The van der Waals surface area contributed by atoms with Gasteiger partial charge in [-0.1, -0.05) is 19.1 Å². The summed E-state index contributed by atoms with van der Waals surface area (Å²) >= 11 is 0. The highest BCUT2D eigenvalue weighted by molar-refractivity contribution is 5.77. The molecule has 0 bridgehead atoms. The van der Waals surface area contributed by atoms with Crippen LogP contribution >= 0.6 is 0 Å². The van der Waals surface area contributed by atoms with Gasteiger partial charge in [0.25, 0.3) is 5.56 Å². The maximum atomic E-state index is 12.3. The minimum absolute atomic E-state index is 0.0556. The van der Waals surface area contributed by atoms with Crippen LogP contribution in [0.5, 0.6) is 0 Å². The molecule has 1 saturated heterocycles. The number of hydrogen-bond acceptors (Lipinski definition) is 5. The summed E-state index contributed by atoms with van der Waals surface area (Å²) in [5, 5.41) is 10.3. The van der Waals surface area contributed by atoms with E-state index in [9.17, 15) is 9.90 Å². The Kier molecular flexibility index (Phi) is 5.51. The van der Waals surface area contributed by atoms with Crippen molar-refractivity contribution in [3.8, 4) is 0 Å². The molecule has 3 atom stereocenters. The number of piperazine rings is 1. The number of aromatic amines is 1. The number of hydrogen-bond donors (Lipinski definition) is 2. The van der Waals surface area contributed by atoms with Gasteiger partial charge in [0.2, 0.25) is 0 Å². The molecule has 1 aromatic heterocycles. The third-order valence-corrected chi connectivity index (χ3v) is 5.18. The van der Waals surface area contributed by atoms with Crippen molar-refractivity contribution >= 4 is 10.9 Å². The van der Waals surface area contributed by atoms with Crippen LogP contribution in [-0.4, -0.2) is 63.2 Å². The van der Waals surface area contributed by atoms with Gasteiger partial charge in [0.05, 0.1) is 23.0 Å². The molecule has 1 aliphatic heterocycles. The van der Waals surface area contributed by atoms with E-state index in [0.29, 0.717) is 18.0 Å². The third kappa shape index (κ3) is 3.92. The van der Waals surface area contributed by atoms with Gasteiger partial charge < -0.3 is 10.1 Å². The number of para-hydroxylation sites is 1. The van der Waals surface area contributed by atoms with E-state index in [-0.39, 0.29) is 17.7 Å². The topological polar surface area (TPSA) is 72.5 Å². The Bertz CT molecular complexity index is 773. The van der Waals surface area contributed by atoms with E-state index in [0.717, 1.165) is 37.4 Å². The van der Waals surface area contributed by atoms with Crippen molar-refractivity contribution in [3.63, 3.8) is 0 Å². The van der Waals surface area contributed by atoms with Crippen molar-refractivity contribution in [1.29, 1.82) is 0 Å². The molecule has 0 amide bonds. The zero-order valence-corrected chi connectivity index (χ0v) is 15.3. The number of benzene rings is 1. The molecule has 2 heterocycles. The number of β-amino-alcohol motifs (C(OH)–C–C–N with tert-alkyl or cyclic N) is 1. The smallest absolute Gasteiger partial charge is 0.258 e. The highest BCUT2D eigenvalue weighted by Gasteiger charge is 2.30. The fraction of sp³-hybridized carbons (Fsp3) is 0.579. The molecule has 0 unspecified atom stereocenters. The lowest BCUT2D eigenvalue weighted by atomic mass is 10.1. The van der Waals surface area contributed by atoms with E-state index >= 15 is 0 Å². The van der Waals surface area contributed by atoms with Gasteiger partial charge in [-0.3, -0.25) is 14.6 Å². The van der Waals surface area contributed by atoms with Crippen LogP contribution in [-0.2, 0) is 0 Å². The molecular formula is C19H28N4O2. The first-order valence-corrected chi connectivity index (χ1v) is 9.14. The first kappa shape index (κ1) is 18.0. The highest BCUT2D eigenvalue weighted by atomic mass is 16.3. The molecule has 0 saturated carbocycles. The van der Waals surface area contributed by atoms with Gasteiger partial charge in [-0.25, -0.2) is 4.98 Å². The molecule has 0 spiro atoms. The summed E-state index contributed by atoms with van der Waals surface area (Å²) in [4.78, 5) is 24.7. The molecule has 1 aromatic carbocycles. The lowest BCUT2D eigenvalue weighted by Gasteiger charge is -2.43. The monoisotopic (exact) mass is 344 g/mol. The van der Waals surface area contributed by atoms with Crippen molar-refractivity contribution in [1.82, 2.24) is 19.8 Å². The second-order valence-electron chi connectivity index (χ2n) is 7.05. The maximum absolute atomic E-state index is 12.3. The number of nitrogens with one attached hydrogen (secondary N) is 1. The fourth-order valence-corrected chi connectivity index (χ4v) is 3.71. The number of aliphatic hydroxyl groups excluding tert-OH is 1. The average Bonchev–Trinajstić information content (AvgIpc) is 2.61. The van der Waals surface area contributed by atoms with E-state index in [2.05, 4.69) is 33.6 Å². The predicted octanol–water partition coefficient (Wildman–Crippen LogP) is 1.76. The van der Waals surface area contributed by atoms with Crippen LogP contribution in [0.2, 0.25) is 0 Å². The Morgan fingerprint density at radius 1 is 1.32 bits per heavy atom. The summed E-state index contributed by atoms with van der Waals surface area (Å²) in [5.41, 5.74) is 0.667. The summed E-state index contributed by atoms with van der Waals surface area (Å²) in [6, 6.07) is 7.92. The van der Waals surface area contributed by atoms with E-state index < -0.39 is 0 Å². The standard InChI is InChI=1S/C19H28N4O2/c1-4-15-12-22(9-10-23(15)11-13(2)24)14(3)18-20-17-8-6-5-7-16(17)19(25)21-18/h5-8,13-15,24H,4,9-12H2,1-3H3,(H,20,21,25)/t13-,14+,15+/m0/s1. The van der Waals surface area contributed by atoms with E-state index in [1.807, 2.05) is 25.1 Å². The van der Waals surface area contributed by atoms with Crippen molar-refractivity contribution in [2.75, 3.05) is 26.2 Å². The summed E-state index contributed by atoms with van der Waals surface area (Å²) in [6.07, 6.45) is 0.731. The Morgan fingerprint density at radius 3 is 2.80 bits per heavy atom. The minimum Gasteiger partial charge on any atom is -0.392 e. The summed E-state index contributed by atoms with van der Waals surface area (Å²) in [5.74, 6) is 0.725. The molecule has 6 heteroatoms. The Balaban J connectivity index is 1.79. The summed E-state index contributed by atoms with van der Waals surface area (Å²) in [7, 11) is 0. The van der Waals surface area contributed by atoms with Crippen LogP contribution in [0.4, 0.5) is 0 Å². The van der Waals surface area contributed by atoms with Crippen LogP contribution in [0, 0.1) is 0 Å². The number of H-pyrrole nitrogens is 1. The largest absolute Gasteiger partial charge is 0.392 e. The van der Waals surface area contributed by atoms with Crippen LogP contribution < -0.4 is 5.56 Å².